The number of likely N-dealkylation sites (tertiary alicyclic amines) is 1. The maximum atomic E-state index is 12.9. The normalized spacial score (nSPS) is 17.4. The van der Waals surface area contributed by atoms with Crippen molar-refractivity contribution in [3.05, 3.63) is 65.7 Å². The number of ketones is 1. The predicted octanol–water partition coefficient (Wildman–Crippen LogP) is 3.11. The second-order valence-corrected chi connectivity index (χ2v) is 6.07. The van der Waals surface area contributed by atoms with Crippen LogP contribution in [0.4, 0.5) is 0 Å². The van der Waals surface area contributed by atoms with Crippen LogP contribution >= 0.6 is 0 Å². The van der Waals surface area contributed by atoms with Crippen LogP contribution < -0.4 is 4.74 Å². The van der Waals surface area contributed by atoms with E-state index in [1.54, 1.807) is 18.2 Å². The van der Waals surface area contributed by atoms with Gasteiger partial charge >= 0.3 is 5.97 Å². The summed E-state index contributed by atoms with van der Waals surface area (Å²) < 4.78 is 5.72. The quantitative estimate of drug-likeness (QED) is 0.785. The summed E-state index contributed by atoms with van der Waals surface area (Å²) in [4.78, 5) is 26.3. The molecule has 130 valence electrons. The van der Waals surface area contributed by atoms with Crippen LogP contribution in [0.5, 0.6) is 5.75 Å². The number of carbonyl (C=O) groups is 2. The van der Waals surface area contributed by atoms with Crippen LogP contribution in [-0.4, -0.2) is 47.5 Å². The van der Waals surface area contributed by atoms with E-state index in [4.69, 9.17) is 4.74 Å². The Morgan fingerprint density at radius 3 is 2.44 bits per heavy atom. The van der Waals surface area contributed by atoms with Crippen LogP contribution in [0.25, 0.3) is 0 Å². The van der Waals surface area contributed by atoms with Crippen molar-refractivity contribution in [2.24, 2.45) is 0 Å². The van der Waals surface area contributed by atoms with E-state index in [9.17, 15) is 14.7 Å². The molecule has 1 atom stereocenters. The van der Waals surface area contributed by atoms with E-state index in [1.165, 1.54) is 6.07 Å². The molecule has 1 saturated heterocycles. The smallest absolute Gasteiger partial charge is 0.336 e. The van der Waals surface area contributed by atoms with Gasteiger partial charge in [-0.15, -0.1) is 0 Å². The molecule has 1 aliphatic rings. The summed E-state index contributed by atoms with van der Waals surface area (Å²) in [6, 6.07) is 15.7. The number of hydrogen-bond acceptors (Lipinski definition) is 4. The predicted molar refractivity (Wildman–Crippen MR) is 94.3 cm³/mol. The minimum Gasteiger partial charge on any atom is -0.492 e. The van der Waals surface area contributed by atoms with Crippen molar-refractivity contribution < 1.29 is 19.4 Å². The molecule has 1 heterocycles. The summed E-state index contributed by atoms with van der Waals surface area (Å²) >= 11 is 0. The lowest BCUT2D eigenvalue weighted by Crippen LogP contribution is -2.39. The second-order valence-electron chi connectivity index (χ2n) is 6.07. The fourth-order valence-corrected chi connectivity index (χ4v) is 3.25. The van der Waals surface area contributed by atoms with Crippen molar-refractivity contribution in [3.63, 3.8) is 0 Å². The molecule has 5 nitrogen and oxygen atoms in total. The van der Waals surface area contributed by atoms with Gasteiger partial charge in [-0.3, -0.25) is 9.69 Å². The zero-order valence-electron chi connectivity index (χ0n) is 13.9. The van der Waals surface area contributed by atoms with E-state index in [1.807, 2.05) is 30.3 Å². The SMILES string of the molecule is O=C(O)c1ccccc1C(=O)C1CCCN1CCOc1ccccc1. The molecular formula is C20H21NO4. The molecule has 0 saturated carbocycles. The summed E-state index contributed by atoms with van der Waals surface area (Å²) in [5.74, 6) is -0.378. The Labute approximate surface area is 146 Å². The first kappa shape index (κ1) is 17.2. The zero-order valence-corrected chi connectivity index (χ0v) is 13.9. The Bertz CT molecular complexity index is 744. The third-order valence-electron chi connectivity index (χ3n) is 4.48. The number of carboxylic acids is 1. The van der Waals surface area contributed by atoms with Gasteiger partial charge in [-0.2, -0.15) is 0 Å². The highest BCUT2D eigenvalue weighted by Crippen LogP contribution is 2.23. The highest BCUT2D eigenvalue weighted by Gasteiger charge is 2.32. The lowest BCUT2D eigenvalue weighted by Gasteiger charge is -2.23. The van der Waals surface area contributed by atoms with Crippen molar-refractivity contribution in [1.82, 2.24) is 4.90 Å². The molecule has 0 aliphatic carbocycles. The van der Waals surface area contributed by atoms with Gasteiger partial charge in [0, 0.05) is 12.1 Å². The first-order chi connectivity index (χ1) is 12.2. The number of rotatable bonds is 7. The second kappa shape index (κ2) is 7.94. The number of carboxylic acid groups (broad SMARTS) is 1. The van der Waals surface area contributed by atoms with Gasteiger partial charge in [0.25, 0.3) is 0 Å². The van der Waals surface area contributed by atoms with Gasteiger partial charge in [0.1, 0.15) is 12.4 Å². The van der Waals surface area contributed by atoms with E-state index in [2.05, 4.69) is 4.90 Å². The highest BCUT2D eigenvalue weighted by molar-refractivity contribution is 6.08. The largest absolute Gasteiger partial charge is 0.492 e. The lowest BCUT2D eigenvalue weighted by atomic mass is 9.97. The Hall–Kier alpha value is -2.66. The molecule has 2 aromatic carbocycles. The lowest BCUT2D eigenvalue weighted by molar-refractivity contribution is 0.0687. The first-order valence-electron chi connectivity index (χ1n) is 8.45. The molecule has 0 aromatic heterocycles. The Kier molecular flexibility index (Phi) is 5.46. The van der Waals surface area contributed by atoms with Gasteiger partial charge in [0.05, 0.1) is 11.6 Å². The van der Waals surface area contributed by atoms with E-state index in [0.29, 0.717) is 13.2 Å². The average molecular weight is 339 g/mol. The molecular weight excluding hydrogens is 318 g/mol. The van der Waals surface area contributed by atoms with Gasteiger partial charge < -0.3 is 9.84 Å². The van der Waals surface area contributed by atoms with Gasteiger partial charge in [-0.1, -0.05) is 36.4 Å². The van der Waals surface area contributed by atoms with Gasteiger partial charge in [-0.05, 0) is 37.6 Å². The average Bonchev–Trinajstić information content (AvgIpc) is 3.10. The van der Waals surface area contributed by atoms with Gasteiger partial charge in [0.15, 0.2) is 5.78 Å². The van der Waals surface area contributed by atoms with Crippen LogP contribution in [0.1, 0.15) is 33.6 Å². The molecule has 25 heavy (non-hydrogen) atoms. The van der Waals surface area contributed by atoms with Crippen molar-refractivity contribution in [3.8, 4) is 5.75 Å². The highest BCUT2D eigenvalue weighted by atomic mass is 16.5. The molecule has 1 N–H and O–H groups in total. The number of hydrogen-bond donors (Lipinski definition) is 1. The van der Waals surface area contributed by atoms with Crippen molar-refractivity contribution in [2.75, 3.05) is 19.7 Å². The zero-order chi connectivity index (χ0) is 17.6. The van der Waals surface area contributed by atoms with Crippen LogP contribution in [0.2, 0.25) is 0 Å². The molecule has 3 rings (SSSR count). The number of carbonyl (C=O) groups excluding carboxylic acids is 1. The fourth-order valence-electron chi connectivity index (χ4n) is 3.25. The minimum atomic E-state index is -1.07. The molecule has 5 heteroatoms. The molecule has 0 spiro atoms. The fraction of sp³-hybridized carbons (Fsp3) is 0.300. The Morgan fingerprint density at radius 2 is 1.72 bits per heavy atom. The molecule has 1 aliphatic heterocycles. The monoisotopic (exact) mass is 339 g/mol. The van der Waals surface area contributed by atoms with E-state index in [0.717, 1.165) is 25.1 Å². The third-order valence-corrected chi connectivity index (χ3v) is 4.48. The van der Waals surface area contributed by atoms with Crippen LogP contribution in [0.15, 0.2) is 54.6 Å². The van der Waals surface area contributed by atoms with E-state index in [-0.39, 0.29) is 23.0 Å². The third kappa shape index (κ3) is 4.06. The summed E-state index contributed by atoms with van der Waals surface area (Å²) in [5.41, 5.74) is 0.357. The van der Waals surface area contributed by atoms with Crippen molar-refractivity contribution in [2.45, 2.75) is 18.9 Å². The van der Waals surface area contributed by atoms with Crippen LogP contribution in [0, 0.1) is 0 Å². The standard InChI is InChI=1S/C20H21NO4/c22-19(16-9-4-5-10-17(16)20(23)24)18-11-6-12-21(18)13-14-25-15-7-2-1-3-8-15/h1-5,7-10,18H,6,11-14H2,(H,23,24). The summed E-state index contributed by atoms with van der Waals surface area (Å²) in [6.07, 6.45) is 1.68. The van der Waals surface area contributed by atoms with E-state index < -0.39 is 5.97 Å². The number of ether oxygens (including phenoxy) is 1. The molecule has 1 unspecified atom stereocenters. The number of para-hydroxylation sites is 1. The van der Waals surface area contributed by atoms with Gasteiger partial charge in [0.2, 0.25) is 0 Å². The number of benzene rings is 2. The van der Waals surface area contributed by atoms with Crippen molar-refractivity contribution in [1.29, 1.82) is 0 Å². The molecule has 0 bridgehead atoms. The van der Waals surface area contributed by atoms with Crippen LogP contribution in [0.3, 0.4) is 0 Å². The molecule has 0 radical (unpaired) electrons. The summed E-state index contributed by atoms with van der Waals surface area (Å²) in [7, 11) is 0. The molecule has 1 fully saturated rings. The summed E-state index contributed by atoms with van der Waals surface area (Å²) in [6.45, 7) is 1.96. The number of aromatic carboxylic acids is 1. The maximum absolute atomic E-state index is 12.9. The molecule has 2 aromatic rings. The maximum Gasteiger partial charge on any atom is 0.336 e. The number of Topliss-reactive ketones (excluding diaryl/α,β-unsaturated/α-hetero) is 1. The number of nitrogens with zero attached hydrogens (tertiary/aromatic N) is 1. The first-order valence-corrected chi connectivity index (χ1v) is 8.45. The molecule has 0 amide bonds. The Morgan fingerprint density at radius 1 is 1.04 bits per heavy atom. The minimum absolute atomic E-state index is 0.0693. The van der Waals surface area contributed by atoms with Crippen LogP contribution in [-0.2, 0) is 0 Å². The van der Waals surface area contributed by atoms with Gasteiger partial charge in [-0.25, -0.2) is 4.79 Å². The summed E-state index contributed by atoms with van der Waals surface area (Å²) in [5, 5.41) is 9.30. The van der Waals surface area contributed by atoms with E-state index >= 15 is 0 Å². The van der Waals surface area contributed by atoms with Crippen molar-refractivity contribution >= 4 is 11.8 Å². The Balaban J connectivity index is 1.65. The topological polar surface area (TPSA) is 66.8 Å².